The van der Waals surface area contributed by atoms with Crippen molar-refractivity contribution in [3.63, 3.8) is 0 Å². The maximum atomic E-state index is 13.4. The standard InChI is InChI=1S/C23H24N2O5S/c1-15-3-9-21(10-4-15)31(28,29)25-14-17-12-19(26)11-16(17)13-22(25)23(27)24-18-5-7-20(30-2)8-6-18/h3-11,17,22H,12-14H2,1-2H3,(H,24,27)/t17-,22-/m0/s1. The van der Waals surface area contributed by atoms with Crippen molar-refractivity contribution in [3.8, 4) is 5.75 Å². The molecular weight excluding hydrogens is 416 g/mol. The fraction of sp³-hybridized carbons (Fsp3) is 0.304. The highest BCUT2D eigenvalue weighted by molar-refractivity contribution is 7.89. The molecule has 162 valence electrons. The van der Waals surface area contributed by atoms with Crippen molar-refractivity contribution in [3.05, 3.63) is 65.7 Å². The first-order chi connectivity index (χ1) is 14.8. The summed E-state index contributed by atoms with van der Waals surface area (Å²) in [6.45, 7) is 1.98. The van der Waals surface area contributed by atoms with Crippen molar-refractivity contribution < 1.29 is 22.7 Å². The highest BCUT2D eigenvalue weighted by Gasteiger charge is 2.44. The number of methoxy groups -OCH3 is 1. The number of aryl methyl sites for hydroxylation is 1. The number of benzene rings is 2. The van der Waals surface area contributed by atoms with Gasteiger partial charge >= 0.3 is 0 Å². The third kappa shape index (κ3) is 4.26. The van der Waals surface area contributed by atoms with Gasteiger partial charge in [-0.1, -0.05) is 23.3 Å². The summed E-state index contributed by atoms with van der Waals surface area (Å²) in [6.07, 6.45) is 2.04. The Morgan fingerprint density at radius 1 is 1.06 bits per heavy atom. The summed E-state index contributed by atoms with van der Waals surface area (Å²) in [5, 5.41) is 2.80. The zero-order valence-electron chi connectivity index (χ0n) is 17.4. The van der Waals surface area contributed by atoms with Crippen molar-refractivity contribution in [1.29, 1.82) is 0 Å². The number of nitrogens with zero attached hydrogens (tertiary/aromatic N) is 1. The summed E-state index contributed by atoms with van der Waals surface area (Å²) in [5.41, 5.74) is 2.32. The number of hydrogen-bond donors (Lipinski definition) is 1. The van der Waals surface area contributed by atoms with Crippen molar-refractivity contribution >= 4 is 27.4 Å². The van der Waals surface area contributed by atoms with Gasteiger partial charge in [0.1, 0.15) is 11.8 Å². The lowest BCUT2D eigenvalue weighted by atomic mass is 9.90. The van der Waals surface area contributed by atoms with Gasteiger partial charge in [0.25, 0.3) is 0 Å². The smallest absolute Gasteiger partial charge is 0.243 e. The molecule has 1 aliphatic carbocycles. The molecule has 1 aliphatic heterocycles. The lowest BCUT2D eigenvalue weighted by molar-refractivity contribution is -0.120. The van der Waals surface area contributed by atoms with Crippen molar-refractivity contribution in [2.45, 2.75) is 30.7 Å². The summed E-state index contributed by atoms with van der Waals surface area (Å²) in [5.74, 6) is 0.0120. The Hall–Kier alpha value is -2.97. The number of allylic oxidation sites excluding steroid dienone is 1. The molecule has 1 amide bonds. The van der Waals surface area contributed by atoms with Gasteiger partial charge in [-0.05, 0) is 55.8 Å². The number of hydrogen-bond acceptors (Lipinski definition) is 5. The molecule has 2 aromatic carbocycles. The van der Waals surface area contributed by atoms with Crippen LogP contribution in [-0.4, -0.2) is 44.1 Å². The number of fused-ring (bicyclic) bond motifs is 1. The number of carbonyl (C=O) groups excluding carboxylic acids is 2. The molecule has 2 atom stereocenters. The Kier molecular flexibility index (Phi) is 5.68. The van der Waals surface area contributed by atoms with Gasteiger partial charge < -0.3 is 10.1 Å². The molecule has 7 nitrogen and oxygen atoms in total. The molecule has 2 aromatic rings. The Morgan fingerprint density at radius 2 is 1.74 bits per heavy atom. The number of sulfonamides is 1. The van der Waals surface area contributed by atoms with E-state index in [0.29, 0.717) is 11.4 Å². The Morgan fingerprint density at radius 3 is 2.39 bits per heavy atom. The van der Waals surface area contributed by atoms with Crippen LogP contribution in [0.4, 0.5) is 5.69 Å². The summed E-state index contributed by atoms with van der Waals surface area (Å²) in [4.78, 5) is 25.3. The van der Waals surface area contributed by atoms with E-state index in [0.717, 1.165) is 11.1 Å². The van der Waals surface area contributed by atoms with Crippen LogP contribution in [0.25, 0.3) is 0 Å². The molecule has 0 saturated carbocycles. The van der Waals surface area contributed by atoms with E-state index in [1.165, 1.54) is 4.31 Å². The third-order valence-corrected chi connectivity index (χ3v) is 7.67. The predicted molar refractivity (Wildman–Crippen MR) is 116 cm³/mol. The predicted octanol–water partition coefficient (Wildman–Crippen LogP) is 2.92. The molecule has 0 spiro atoms. The van der Waals surface area contributed by atoms with Gasteiger partial charge in [-0.25, -0.2) is 8.42 Å². The minimum absolute atomic E-state index is 0.0242. The fourth-order valence-corrected chi connectivity index (χ4v) is 5.70. The first-order valence-corrected chi connectivity index (χ1v) is 11.5. The minimum atomic E-state index is -3.92. The summed E-state index contributed by atoms with van der Waals surface area (Å²) in [6, 6.07) is 12.4. The lowest BCUT2D eigenvalue weighted by Crippen LogP contribution is -2.52. The van der Waals surface area contributed by atoms with E-state index in [1.807, 2.05) is 6.92 Å². The molecule has 1 N–H and O–H groups in total. The molecule has 0 bridgehead atoms. The number of nitrogens with one attached hydrogen (secondary N) is 1. The lowest BCUT2D eigenvalue weighted by Gasteiger charge is -2.37. The van der Waals surface area contributed by atoms with Gasteiger partial charge in [0.05, 0.1) is 12.0 Å². The number of amides is 1. The van der Waals surface area contributed by atoms with Crippen molar-refractivity contribution in [1.82, 2.24) is 4.31 Å². The Bertz CT molecular complexity index is 1140. The Labute approximate surface area is 181 Å². The molecule has 4 rings (SSSR count). The van der Waals surface area contributed by atoms with E-state index in [1.54, 1.807) is 61.7 Å². The average Bonchev–Trinajstić information content (AvgIpc) is 3.12. The zero-order valence-corrected chi connectivity index (χ0v) is 18.2. The first kappa shape index (κ1) is 21.3. The van der Waals surface area contributed by atoms with Gasteiger partial charge in [0.2, 0.25) is 15.9 Å². The topological polar surface area (TPSA) is 92.8 Å². The molecule has 1 heterocycles. The number of carbonyl (C=O) groups is 2. The third-order valence-electron chi connectivity index (χ3n) is 5.78. The monoisotopic (exact) mass is 440 g/mol. The first-order valence-electron chi connectivity index (χ1n) is 10.0. The van der Waals surface area contributed by atoms with E-state index >= 15 is 0 Å². The van der Waals surface area contributed by atoms with Crippen LogP contribution >= 0.6 is 0 Å². The molecule has 8 heteroatoms. The van der Waals surface area contributed by atoms with Crippen LogP contribution in [0.1, 0.15) is 18.4 Å². The number of rotatable bonds is 5. The summed E-state index contributed by atoms with van der Waals surface area (Å²) >= 11 is 0. The largest absolute Gasteiger partial charge is 0.497 e. The van der Waals surface area contributed by atoms with Crippen LogP contribution in [0.15, 0.2) is 65.1 Å². The van der Waals surface area contributed by atoms with Crippen LogP contribution in [0.5, 0.6) is 5.75 Å². The number of anilines is 1. The van der Waals surface area contributed by atoms with Crippen molar-refractivity contribution in [2.75, 3.05) is 19.0 Å². The maximum absolute atomic E-state index is 13.4. The maximum Gasteiger partial charge on any atom is 0.243 e. The summed E-state index contributed by atoms with van der Waals surface area (Å²) in [7, 11) is -2.37. The van der Waals surface area contributed by atoms with Crippen LogP contribution in [0.2, 0.25) is 0 Å². The molecule has 31 heavy (non-hydrogen) atoms. The van der Waals surface area contributed by atoms with Gasteiger partial charge in [-0.3, -0.25) is 9.59 Å². The Balaban J connectivity index is 1.65. The molecule has 1 fully saturated rings. The van der Waals surface area contributed by atoms with E-state index in [4.69, 9.17) is 4.74 Å². The molecular formula is C23H24N2O5S. The second kappa shape index (κ2) is 8.28. The second-order valence-electron chi connectivity index (χ2n) is 7.91. The van der Waals surface area contributed by atoms with Crippen molar-refractivity contribution in [2.24, 2.45) is 5.92 Å². The normalized spacial score (nSPS) is 21.4. The van der Waals surface area contributed by atoms with E-state index in [2.05, 4.69) is 5.32 Å². The van der Waals surface area contributed by atoms with Crippen LogP contribution in [0, 0.1) is 12.8 Å². The van der Waals surface area contributed by atoms with Crippen LogP contribution in [0.3, 0.4) is 0 Å². The fourth-order valence-electron chi connectivity index (χ4n) is 4.07. The molecule has 0 unspecified atom stereocenters. The highest BCUT2D eigenvalue weighted by Crippen LogP contribution is 2.37. The molecule has 0 radical (unpaired) electrons. The number of piperidine rings is 1. The van der Waals surface area contributed by atoms with E-state index < -0.39 is 22.0 Å². The quantitative estimate of drug-likeness (QED) is 0.772. The number of ketones is 1. The average molecular weight is 441 g/mol. The van der Waals surface area contributed by atoms with Gasteiger partial charge in [0.15, 0.2) is 5.78 Å². The highest BCUT2D eigenvalue weighted by atomic mass is 32.2. The van der Waals surface area contributed by atoms with Gasteiger partial charge in [-0.2, -0.15) is 4.31 Å². The van der Waals surface area contributed by atoms with E-state index in [-0.39, 0.29) is 36.0 Å². The zero-order chi connectivity index (χ0) is 22.2. The minimum Gasteiger partial charge on any atom is -0.497 e. The van der Waals surface area contributed by atoms with Gasteiger partial charge in [0, 0.05) is 24.6 Å². The molecule has 0 aromatic heterocycles. The molecule has 1 saturated heterocycles. The van der Waals surface area contributed by atoms with E-state index in [9.17, 15) is 18.0 Å². The second-order valence-corrected chi connectivity index (χ2v) is 9.80. The number of ether oxygens (including phenoxy) is 1. The molecule has 2 aliphatic rings. The van der Waals surface area contributed by atoms with Crippen LogP contribution < -0.4 is 10.1 Å². The SMILES string of the molecule is COc1ccc(NC(=O)[C@@H]2CC3=CC(=O)C[C@H]3CN2S(=O)(=O)c2ccc(C)cc2)cc1. The summed E-state index contributed by atoms with van der Waals surface area (Å²) < 4.78 is 33.3. The van der Waals surface area contributed by atoms with Gasteiger partial charge in [-0.15, -0.1) is 0 Å². The van der Waals surface area contributed by atoms with Crippen LogP contribution in [-0.2, 0) is 19.6 Å².